The Bertz CT molecular complexity index is 869. The Morgan fingerprint density at radius 1 is 1.27 bits per heavy atom. The molecule has 6 heteroatoms. The normalized spacial score (nSPS) is 12.1. The topological polar surface area (TPSA) is 59.8 Å². The molecule has 0 unspecified atom stereocenters. The number of thiazole rings is 1. The summed E-state index contributed by atoms with van der Waals surface area (Å²) in [6.45, 7) is 6.06. The Kier molecular flexibility index (Phi) is 5.83. The van der Waals surface area contributed by atoms with Crippen molar-refractivity contribution in [2.75, 3.05) is 5.32 Å². The SMILES string of the molecule is Cc1nc(CCCC(=O)Nc2nn([C@@H](C)c3ccccc3)cc2C)cs1. The van der Waals surface area contributed by atoms with Crippen molar-refractivity contribution in [1.82, 2.24) is 14.8 Å². The van der Waals surface area contributed by atoms with E-state index in [-0.39, 0.29) is 11.9 Å². The lowest BCUT2D eigenvalue weighted by atomic mass is 10.1. The molecule has 0 aliphatic heterocycles. The van der Waals surface area contributed by atoms with E-state index in [9.17, 15) is 4.79 Å². The predicted molar refractivity (Wildman–Crippen MR) is 106 cm³/mol. The molecule has 0 aliphatic rings. The first-order chi connectivity index (χ1) is 12.5. The number of anilines is 1. The fourth-order valence-corrected chi connectivity index (χ4v) is 3.48. The number of aromatic nitrogens is 3. The van der Waals surface area contributed by atoms with Crippen LogP contribution in [-0.4, -0.2) is 20.7 Å². The van der Waals surface area contributed by atoms with Crippen LogP contribution in [0.2, 0.25) is 0 Å². The first-order valence-corrected chi connectivity index (χ1v) is 9.72. The molecule has 3 rings (SSSR count). The highest BCUT2D eigenvalue weighted by Gasteiger charge is 2.14. The van der Waals surface area contributed by atoms with Gasteiger partial charge in [0.15, 0.2) is 5.82 Å². The average Bonchev–Trinajstić information content (AvgIpc) is 3.21. The van der Waals surface area contributed by atoms with Crippen LogP contribution in [0.5, 0.6) is 0 Å². The molecule has 26 heavy (non-hydrogen) atoms. The van der Waals surface area contributed by atoms with Gasteiger partial charge >= 0.3 is 0 Å². The second kappa shape index (κ2) is 8.27. The number of rotatable bonds is 7. The van der Waals surface area contributed by atoms with Gasteiger partial charge in [0, 0.05) is 23.6 Å². The van der Waals surface area contributed by atoms with Crippen molar-refractivity contribution < 1.29 is 4.79 Å². The molecule has 2 aromatic heterocycles. The van der Waals surface area contributed by atoms with Crippen molar-refractivity contribution in [3.63, 3.8) is 0 Å². The quantitative estimate of drug-likeness (QED) is 0.667. The van der Waals surface area contributed by atoms with E-state index in [0.717, 1.165) is 29.1 Å². The summed E-state index contributed by atoms with van der Waals surface area (Å²) in [7, 11) is 0. The number of hydrogen-bond acceptors (Lipinski definition) is 4. The largest absolute Gasteiger partial charge is 0.309 e. The van der Waals surface area contributed by atoms with E-state index in [1.165, 1.54) is 5.56 Å². The molecule has 0 saturated heterocycles. The summed E-state index contributed by atoms with van der Waals surface area (Å²) in [4.78, 5) is 16.7. The summed E-state index contributed by atoms with van der Waals surface area (Å²) in [6.07, 6.45) is 4.06. The van der Waals surface area contributed by atoms with Crippen molar-refractivity contribution in [3.05, 3.63) is 63.7 Å². The van der Waals surface area contributed by atoms with Crippen LogP contribution in [0.4, 0.5) is 5.82 Å². The smallest absolute Gasteiger partial charge is 0.225 e. The van der Waals surface area contributed by atoms with E-state index in [2.05, 4.69) is 39.8 Å². The van der Waals surface area contributed by atoms with Crippen LogP contribution in [0.25, 0.3) is 0 Å². The second-order valence-electron chi connectivity index (χ2n) is 6.49. The third-order valence-electron chi connectivity index (χ3n) is 4.35. The zero-order chi connectivity index (χ0) is 18.5. The molecular formula is C20H24N4OS. The fourth-order valence-electron chi connectivity index (χ4n) is 2.84. The Hall–Kier alpha value is -2.47. The zero-order valence-electron chi connectivity index (χ0n) is 15.4. The van der Waals surface area contributed by atoms with Crippen LogP contribution in [0.3, 0.4) is 0 Å². The van der Waals surface area contributed by atoms with Crippen LogP contribution in [0.15, 0.2) is 41.9 Å². The van der Waals surface area contributed by atoms with Gasteiger partial charge < -0.3 is 5.32 Å². The van der Waals surface area contributed by atoms with Gasteiger partial charge in [0.25, 0.3) is 0 Å². The minimum Gasteiger partial charge on any atom is -0.309 e. The van der Waals surface area contributed by atoms with Gasteiger partial charge in [-0.25, -0.2) is 4.98 Å². The Balaban J connectivity index is 1.56. The van der Waals surface area contributed by atoms with Crippen LogP contribution in [0.1, 0.15) is 47.6 Å². The molecule has 136 valence electrons. The van der Waals surface area contributed by atoms with Gasteiger partial charge in [-0.1, -0.05) is 30.3 Å². The number of aryl methyl sites for hydroxylation is 3. The molecular weight excluding hydrogens is 344 g/mol. The van der Waals surface area contributed by atoms with Crippen molar-refractivity contribution >= 4 is 23.1 Å². The Labute approximate surface area is 158 Å². The predicted octanol–water partition coefficient (Wildman–Crippen LogP) is 4.53. The summed E-state index contributed by atoms with van der Waals surface area (Å²) in [6, 6.07) is 10.3. The maximum Gasteiger partial charge on any atom is 0.225 e. The lowest BCUT2D eigenvalue weighted by molar-refractivity contribution is -0.116. The highest BCUT2D eigenvalue weighted by atomic mass is 32.1. The maximum absolute atomic E-state index is 12.2. The monoisotopic (exact) mass is 368 g/mol. The van der Waals surface area contributed by atoms with E-state index in [4.69, 9.17) is 0 Å². The van der Waals surface area contributed by atoms with E-state index in [1.54, 1.807) is 11.3 Å². The summed E-state index contributed by atoms with van der Waals surface area (Å²) in [5.41, 5.74) is 3.22. The zero-order valence-corrected chi connectivity index (χ0v) is 16.2. The lowest BCUT2D eigenvalue weighted by Crippen LogP contribution is -2.14. The minimum absolute atomic E-state index is 0.00216. The number of amides is 1. The highest BCUT2D eigenvalue weighted by Crippen LogP contribution is 2.21. The fraction of sp³-hybridized carbons (Fsp3) is 0.350. The molecule has 0 saturated carbocycles. The van der Waals surface area contributed by atoms with Gasteiger partial charge in [-0.3, -0.25) is 9.48 Å². The van der Waals surface area contributed by atoms with Crippen molar-refractivity contribution in [2.45, 2.75) is 46.1 Å². The summed E-state index contributed by atoms with van der Waals surface area (Å²) in [5.74, 6) is 0.639. The van der Waals surface area contributed by atoms with Gasteiger partial charge in [-0.15, -0.1) is 11.3 Å². The summed E-state index contributed by atoms with van der Waals surface area (Å²) >= 11 is 1.65. The standard InChI is InChI=1S/C20H24N4OS/c1-14-12-24(15(2)17-8-5-4-6-9-17)23-20(14)22-19(25)11-7-10-18-13-26-16(3)21-18/h4-6,8-9,12-13,15H,7,10-11H2,1-3H3,(H,22,23,25)/t15-/m0/s1. The van der Waals surface area contributed by atoms with Gasteiger partial charge in [0.2, 0.25) is 5.91 Å². The summed E-state index contributed by atoms with van der Waals surface area (Å²) < 4.78 is 1.90. The molecule has 5 nitrogen and oxygen atoms in total. The molecule has 0 aliphatic carbocycles. The molecule has 1 aromatic carbocycles. The van der Waals surface area contributed by atoms with E-state index in [0.29, 0.717) is 12.2 Å². The minimum atomic E-state index is -0.00216. The molecule has 0 bridgehead atoms. The Morgan fingerprint density at radius 3 is 2.73 bits per heavy atom. The first-order valence-electron chi connectivity index (χ1n) is 8.84. The van der Waals surface area contributed by atoms with E-state index >= 15 is 0 Å². The van der Waals surface area contributed by atoms with Crippen molar-refractivity contribution in [1.29, 1.82) is 0 Å². The highest BCUT2D eigenvalue weighted by molar-refractivity contribution is 7.09. The van der Waals surface area contributed by atoms with Crippen LogP contribution in [-0.2, 0) is 11.2 Å². The average molecular weight is 369 g/mol. The molecule has 0 spiro atoms. The number of carbonyl (C=O) groups is 1. The molecule has 1 atom stereocenters. The number of hydrogen-bond donors (Lipinski definition) is 1. The Morgan fingerprint density at radius 2 is 2.04 bits per heavy atom. The van der Waals surface area contributed by atoms with Gasteiger partial charge in [0.05, 0.1) is 16.7 Å². The molecule has 1 N–H and O–H groups in total. The van der Waals surface area contributed by atoms with E-state index < -0.39 is 0 Å². The van der Waals surface area contributed by atoms with Gasteiger partial charge in [-0.05, 0) is 39.2 Å². The van der Waals surface area contributed by atoms with E-state index in [1.807, 2.05) is 42.9 Å². The molecule has 2 heterocycles. The van der Waals surface area contributed by atoms with Crippen LogP contribution < -0.4 is 5.32 Å². The number of carbonyl (C=O) groups excluding carboxylic acids is 1. The molecule has 1 amide bonds. The summed E-state index contributed by atoms with van der Waals surface area (Å²) in [5, 5.41) is 10.6. The van der Waals surface area contributed by atoms with Crippen molar-refractivity contribution in [2.24, 2.45) is 0 Å². The molecule has 0 radical (unpaired) electrons. The van der Waals surface area contributed by atoms with Gasteiger partial charge in [-0.2, -0.15) is 5.10 Å². The van der Waals surface area contributed by atoms with Crippen LogP contribution >= 0.6 is 11.3 Å². The lowest BCUT2D eigenvalue weighted by Gasteiger charge is -2.12. The second-order valence-corrected chi connectivity index (χ2v) is 7.55. The van der Waals surface area contributed by atoms with Crippen molar-refractivity contribution in [3.8, 4) is 0 Å². The molecule has 0 fully saturated rings. The maximum atomic E-state index is 12.2. The molecule has 3 aromatic rings. The number of benzene rings is 1. The number of nitrogens with zero attached hydrogens (tertiary/aromatic N) is 3. The first kappa shape index (κ1) is 18.3. The van der Waals surface area contributed by atoms with Crippen LogP contribution in [0, 0.1) is 13.8 Å². The number of nitrogens with one attached hydrogen (secondary N) is 1. The van der Waals surface area contributed by atoms with Gasteiger partial charge in [0.1, 0.15) is 0 Å². The third-order valence-corrected chi connectivity index (χ3v) is 5.18. The third kappa shape index (κ3) is 4.58.